The summed E-state index contributed by atoms with van der Waals surface area (Å²) in [6.07, 6.45) is 16.0. The number of unbranched alkanes of at least 4 members (excludes halogenated alkanes) is 11. The lowest BCUT2D eigenvalue weighted by atomic mass is 10.0. The van der Waals surface area contributed by atoms with Gasteiger partial charge in [-0.05, 0) is 33.6 Å². The second kappa shape index (κ2) is 15.9. The zero-order valence-corrected chi connectivity index (χ0v) is 18.7. The van der Waals surface area contributed by atoms with Crippen LogP contribution in [0.4, 0.5) is 0 Å². The van der Waals surface area contributed by atoms with Crippen molar-refractivity contribution in [1.82, 2.24) is 0 Å². The summed E-state index contributed by atoms with van der Waals surface area (Å²) in [5, 5.41) is 20.0. The summed E-state index contributed by atoms with van der Waals surface area (Å²) in [7, 11) is 0. The minimum atomic E-state index is -1.54. The number of hydrogen-bond donors (Lipinski definition) is 3. The topological polar surface area (TPSA) is 92.8 Å². The number of rotatable bonds is 16. The van der Waals surface area contributed by atoms with E-state index < -0.39 is 29.8 Å². The molecule has 0 aromatic rings. The number of ether oxygens (including phenoxy) is 1. The Balaban J connectivity index is 3.76. The van der Waals surface area contributed by atoms with Crippen molar-refractivity contribution < 1.29 is 19.7 Å². The van der Waals surface area contributed by atoms with Crippen LogP contribution < -0.4 is 5.73 Å². The van der Waals surface area contributed by atoms with Crippen molar-refractivity contribution in [3.05, 3.63) is 12.2 Å². The molecule has 28 heavy (non-hydrogen) atoms. The normalized spacial score (nSPS) is 15.5. The quantitative estimate of drug-likeness (QED) is 0.200. The molecule has 0 amide bonds. The van der Waals surface area contributed by atoms with Crippen molar-refractivity contribution in [3.8, 4) is 0 Å². The summed E-state index contributed by atoms with van der Waals surface area (Å²) in [6.45, 7) is 7.39. The summed E-state index contributed by atoms with van der Waals surface area (Å²) in [5.41, 5.74) is 5.07. The highest BCUT2D eigenvalue weighted by Crippen LogP contribution is 2.13. The van der Waals surface area contributed by atoms with E-state index in [0.29, 0.717) is 0 Å². The molecule has 0 fully saturated rings. The number of carbonyl (C=O) groups excluding carboxylic acids is 1. The summed E-state index contributed by atoms with van der Waals surface area (Å²) in [5.74, 6) is -0.808. The molecule has 0 aliphatic rings. The fraction of sp³-hybridized carbons (Fsp3) is 0.870. The Kier molecular flexibility index (Phi) is 15.4. The van der Waals surface area contributed by atoms with Crippen LogP contribution >= 0.6 is 0 Å². The highest BCUT2D eigenvalue weighted by molar-refractivity contribution is 5.75. The van der Waals surface area contributed by atoms with Gasteiger partial charge in [0.2, 0.25) is 0 Å². The molecule has 0 aliphatic carbocycles. The molecule has 5 heteroatoms. The Hall–Kier alpha value is -0.910. The van der Waals surface area contributed by atoms with E-state index in [1.54, 1.807) is 26.8 Å². The predicted molar refractivity (Wildman–Crippen MR) is 116 cm³/mol. The van der Waals surface area contributed by atoms with Crippen LogP contribution in [0.25, 0.3) is 0 Å². The van der Waals surface area contributed by atoms with Gasteiger partial charge in [0.15, 0.2) is 6.10 Å². The third-order valence-electron chi connectivity index (χ3n) is 4.71. The predicted octanol–water partition coefficient (Wildman–Crippen LogP) is 4.63. The van der Waals surface area contributed by atoms with Crippen LogP contribution in [-0.2, 0) is 9.53 Å². The van der Waals surface area contributed by atoms with E-state index >= 15 is 0 Å². The van der Waals surface area contributed by atoms with Gasteiger partial charge in [0.25, 0.3) is 0 Å². The third-order valence-corrected chi connectivity index (χ3v) is 4.71. The van der Waals surface area contributed by atoms with Crippen molar-refractivity contribution >= 4 is 5.97 Å². The van der Waals surface area contributed by atoms with Gasteiger partial charge in [-0.2, -0.15) is 0 Å². The largest absolute Gasteiger partial charge is 0.458 e. The van der Waals surface area contributed by atoms with Gasteiger partial charge in [-0.25, -0.2) is 4.79 Å². The maximum Gasteiger partial charge on any atom is 0.337 e. The van der Waals surface area contributed by atoms with Crippen LogP contribution in [-0.4, -0.2) is 40.0 Å². The summed E-state index contributed by atoms with van der Waals surface area (Å²) in [6, 6.07) is -1.09. The molecule has 0 rings (SSSR count). The van der Waals surface area contributed by atoms with Gasteiger partial charge >= 0.3 is 5.97 Å². The lowest BCUT2D eigenvalue weighted by Gasteiger charge is -2.25. The van der Waals surface area contributed by atoms with Gasteiger partial charge in [0, 0.05) is 0 Å². The van der Waals surface area contributed by atoms with Crippen LogP contribution in [0, 0.1) is 0 Å². The summed E-state index contributed by atoms with van der Waals surface area (Å²) >= 11 is 0. The fourth-order valence-corrected chi connectivity index (χ4v) is 3.00. The summed E-state index contributed by atoms with van der Waals surface area (Å²) < 4.78 is 5.09. The average molecular weight is 400 g/mol. The van der Waals surface area contributed by atoms with Crippen molar-refractivity contribution in [2.24, 2.45) is 5.73 Å². The van der Waals surface area contributed by atoms with E-state index in [2.05, 4.69) is 6.92 Å². The SMILES string of the molecule is CCCCCCCCCCCCC/C=C/[C@@H](O)[C@H](N)C(O)C(=O)OC(C)(C)C. The highest BCUT2D eigenvalue weighted by Gasteiger charge is 2.31. The third kappa shape index (κ3) is 15.1. The van der Waals surface area contributed by atoms with Crippen molar-refractivity contribution in [3.63, 3.8) is 0 Å². The molecule has 0 aliphatic heterocycles. The van der Waals surface area contributed by atoms with Crippen molar-refractivity contribution in [1.29, 1.82) is 0 Å². The Morgan fingerprint density at radius 3 is 1.86 bits per heavy atom. The van der Waals surface area contributed by atoms with Crippen LogP contribution in [0.15, 0.2) is 12.2 Å². The highest BCUT2D eigenvalue weighted by atomic mass is 16.6. The van der Waals surface area contributed by atoms with Gasteiger partial charge in [-0.3, -0.25) is 0 Å². The van der Waals surface area contributed by atoms with Crippen molar-refractivity contribution in [2.45, 2.75) is 129 Å². The van der Waals surface area contributed by atoms with E-state index in [0.717, 1.165) is 12.8 Å². The zero-order valence-electron chi connectivity index (χ0n) is 18.7. The van der Waals surface area contributed by atoms with Crippen LogP contribution in [0.3, 0.4) is 0 Å². The summed E-state index contributed by atoms with van der Waals surface area (Å²) in [4.78, 5) is 11.8. The van der Waals surface area contributed by atoms with Crippen molar-refractivity contribution in [2.75, 3.05) is 0 Å². The zero-order chi connectivity index (χ0) is 21.4. The van der Waals surface area contributed by atoms with Gasteiger partial charge in [0.05, 0.1) is 12.1 Å². The van der Waals surface area contributed by atoms with E-state index in [1.807, 2.05) is 6.08 Å². The van der Waals surface area contributed by atoms with E-state index in [1.165, 1.54) is 64.2 Å². The van der Waals surface area contributed by atoms with E-state index in [9.17, 15) is 15.0 Å². The van der Waals surface area contributed by atoms with Gasteiger partial charge in [-0.15, -0.1) is 0 Å². The molecule has 0 radical (unpaired) electrons. The second-order valence-electron chi connectivity index (χ2n) is 8.80. The minimum absolute atomic E-state index is 0.701. The van der Waals surface area contributed by atoms with Gasteiger partial charge < -0.3 is 20.7 Å². The number of allylic oxidation sites excluding steroid dienone is 1. The molecule has 0 heterocycles. The first kappa shape index (κ1) is 27.1. The average Bonchev–Trinajstić information content (AvgIpc) is 2.62. The smallest absolute Gasteiger partial charge is 0.337 e. The fourth-order valence-electron chi connectivity index (χ4n) is 3.00. The maximum atomic E-state index is 11.8. The Labute approximate surface area is 172 Å². The minimum Gasteiger partial charge on any atom is -0.458 e. The Morgan fingerprint density at radius 1 is 0.929 bits per heavy atom. The number of carbonyl (C=O) groups is 1. The molecule has 3 atom stereocenters. The molecule has 4 N–H and O–H groups in total. The van der Waals surface area contributed by atoms with Crippen LogP contribution in [0.2, 0.25) is 0 Å². The number of aliphatic hydroxyl groups is 2. The number of hydrogen-bond acceptors (Lipinski definition) is 5. The Morgan fingerprint density at radius 2 is 1.39 bits per heavy atom. The van der Waals surface area contributed by atoms with Crippen LogP contribution in [0.1, 0.15) is 105 Å². The van der Waals surface area contributed by atoms with Gasteiger partial charge in [-0.1, -0.05) is 83.3 Å². The molecule has 1 unspecified atom stereocenters. The molecule has 0 saturated carbocycles. The first-order valence-corrected chi connectivity index (χ1v) is 11.2. The molecular formula is C23H45NO4. The molecular weight excluding hydrogens is 354 g/mol. The molecule has 5 nitrogen and oxygen atoms in total. The number of aliphatic hydroxyl groups excluding tert-OH is 2. The molecule has 0 spiro atoms. The standard InChI is InChI=1S/C23H45NO4/c1-5-6-7-8-9-10-11-12-13-14-15-16-17-18-19(25)20(24)21(26)22(27)28-23(2,3)4/h17-21,25-26H,5-16,24H2,1-4H3/b18-17+/t19-,20+,21?/m1/s1. The lowest BCUT2D eigenvalue weighted by molar-refractivity contribution is -0.167. The first-order valence-electron chi connectivity index (χ1n) is 11.2. The molecule has 0 bridgehead atoms. The van der Waals surface area contributed by atoms with E-state index in [-0.39, 0.29) is 0 Å². The molecule has 0 aromatic carbocycles. The molecule has 0 saturated heterocycles. The first-order chi connectivity index (χ1) is 13.2. The van der Waals surface area contributed by atoms with E-state index in [4.69, 9.17) is 10.5 Å². The molecule has 166 valence electrons. The Bertz CT molecular complexity index is 417. The van der Waals surface area contributed by atoms with Crippen LogP contribution in [0.5, 0.6) is 0 Å². The molecule has 0 aromatic heterocycles. The lowest BCUT2D eigenvalue weighted by Crippen LogP contribution is -2.49. The monoisotopic (exact) mass is 399 g/mol. The second-order valence-corrected chi connectivity index (χ2v) is 8.80. The maximum absolute atomic E-state index is 11.8. The number of nitrogens with two attached hydrogens (primary N) is 1. The van der Waals surface area contributed by atoms with Gasteiger partial charge in [0.1, 0.15) is 5.60 Å². The number of esters is 1.